The number of benzene rings is 1. The maximum Gasteiger partial charge on any atom is 0.191 e. The van der Waals surface area contributed by atoms with Crippen LogP contribution < -0.4 is 10.6 Å². The van der Waals surface area contributed by atoms with E-state index in [2.05, 4.69) is 27.4 Å². The van der Waals surface area contributed by atoms with Crippen LogP contribution in [0.2, 0.25) is 0 Å². The van der Waals surface area contributed by atoms with Gasteiger partial charge in [-0.2, -0.15) is 0 Å². The van der Waals surface area contributed by atoms with E-state index in [0.717, 1.165) is 44.0 Å². The first-order chi connectivity index (χ1) is 13.0. The molecule has 0 unspecified atom stereocenters. The highest BCUT2D eigenvalue weighted by Gasteiger charge is 2.10. The van der Waals surface area contributed by atoms with Crippen molar-refractivity contribution in [3.63, 3.8) is 0 Å². The molecule has 1 heterocycles. The summed E-state index contributed by atoms with van der Waals surface area (Å²) in [6, 6.07) is 7.09. The number of nitrogens with zero attached hydrogens (tertiary/aromatic N) is 2. The average Bonchev–Trinajstić information content (AvgIpc) is 3.14. The van der Waals surface area contributed by atoms with Crippen molar-refractivity contribution < 1.29 is 8.42 Å². The monoisotopic (exact) mass is 394 g/mol. The molecule has 7 heteroatoms. The molecule has 2 rings (SSSR count). The number of guanidine groups is 1. The van der Waals surface area contributed by atoms with Crippen molar-refractivity contribution in [3.05, 3.63) is 29.8 Å². The fraction of sp³-hybridized carbons (Fsp3) is 0.650. The number of nitrogens with one attached hydrogen (secondary N) is 2. The van der Waals surface area contributed by atoms with Crippen LogP contribution in [0.4, 0.5) is 0 Å². The summed E-state index contributed by atoms with van der Waals surface area (Å²) in [4.78, 5) is 7.56. The van der Waals surface area contributed by atoms with E-state index in [0.29, 0.717) is 4.90 Å². The van der Waals surface area contributed by atoms with Crippen LogP contribution in [-0.4, -0.2) is 64.8 Å². The Balaban J connectivity index is 1.69. The first-order valence-electron chi connectivity index (χ1n) is 10.0. The van der Waals surface area contributed by atoms with Gasteiger partial charge in [0, 0.05) is 25.9 Å². The van der Waals surface area contributed by atoms with Crippen LogP contribution in [-0.2, 0) is 16.3 Å². The van der Waals surface area contributed by atoms with Gasteiger partial charge in [-0.3, -0.25) is 4.99 Å². The predicted molar refractivity (Wildman–Crippen MR) is 112 cm³/mol. The van der Waals surface area contributed by atoms with Crippen LogP contribution in [0.25, 0.3) is 0 Å². The van der Waals surface area contributed by atoms with Gasteiger partial charge in [-0.1, -0.05) is 12.1 Å². The molecule has 0 saturated carbocycles. The second-order valence-corrected chi connectivity index (χ2v) is 9.13. The van der Waals surface area contributed by atoms with E-state index >= 15 is 0 Å². The number of rotatable bonds is 10. The standard InChI is InChI=1S/C20H34N4O2S/c1-3-21-20(22-13-4-5-15-24-16-6-7-17-24)23-14-12-18-8-10-19(11-9-18)27(2,25)26/h8-11H,3-7,12-17H2,1-2H3,(H2,21,22,23). The van der Waals surface area contributed by atoms with Gasteiger partial charge in [-0.15, -0.1) is 0 Å². The van der Waals surface area contributed by atoms with Gasteiger partial charge in [0.1, 0.15) is 0 Å². The Morgan fingerprint density at radius 2 is 1.81 bits per heavy atom. The number of likely N-dealkylation sites (tertiary alicyclic amines) is 1. The van der Waals surface area contributed by atoms with Crippen molar-refractivity contribution in [3.8, 4) is 0 Å². The molecule has 0 aliphatic carbocycles. The number of hydrogen-bond acceptors (Lipinski definition) is 4. The summed E-state index contributed by atoms with van der Waals surface area (Å²) in [5.41, 5.74) is 1.11. The van der Waals surface area contributed by atoms with Gasteiger partial charge in [0.05, 0.1) is 4.90 Å². The Bertz CT molecular complexity index is 680. The quantitative estimate of drug-likeness (QED) is 0.361. The molecule has 1 aliphatic heterocycles. The summed E-state index contributed by atoms with van der Waals surface area (Å²) in [6.07, 6.45) is 7.07. The van der Waals surface area contributed by atoms with Crippen molar-refractivity contribution in [2.75, 3.05) is 45.5 Å². The Hall–Kier alpha value is -1.60. The second-order valence-electron chi connectivity index (χ2n) is 7.11. The summed E-state index contributed by atoms with van der Waals surface area (Å²) in [6.45, 7) is 8.22. The lowest BCUT2D eigenvalue weighted by Crippen LogP contribution is -2.38. The van der Waals surface area contributed by atoms with Crippen LogP contribution >= 0.6 is 0 Å². The Kier molecular flexibility index (Phi) is 9.07. The molecule has 1 aromatic carbocycles. The number of hydrogen-bond donors (Lipinski definition) is 2. The largest absolute Gasteiger partial charge is 0.357 e. The molecule has 1 saturated heterocycles. The minimum atomic E-state index is -3.13. The number of aliphatic imine (C=N–C) groups is 1. The molecule has 1 aromatic rings. The smallest absolute Gasteiger partial charge is 0.191 e. The maximum atomic E-state index is 11.5. The molecule has 6 nitrogen and oxygen atoms in total. The third kappa shape index (κ3) is 8.30. The lowest BCUT2D eigenvalue weighted by atomic mass is 10.1. The fourth-order valence-electron chi connectivity index (χ4n) is 3.21. The zero-order valence-electron chi connectivity index (χ0n) is 16.7. The van der Waals surface area contributed by atoms with Gasteiger partial charge in [-0.05, 0) is 76.4 Å². The summed E-state index contributed by atoms with van der Waals surface area (Å²) < 4.78 is 23.0. The second kappa shape index (κ2) is 11.3. The van der Waals surface area contributed by atoms with Gasteiger partial charge in [-0.25, -0.2) is 8.42 Å². The Morgan fingerprint density at radius 1 is 1.11 bits per heavy atom. The molecule has 0 amide bonds. The molecule has 0 radical (unpaired) electrons. The van der Waals surface area contributed by atoms with E-state index in [-0.39, 0.29) is 0 Å². The van der Waals surface area contributed by atoms with Gasteiger partial charge in [0.2, 0.25) is 0 Å². The van der Waals surface area contributed by atoms with Gasteiger partial charge >= 0.3 is 0 Å². The minimum Gasteiger partial charge on any atom is -0.357 e. The summed E-state index contributed by atoms with van der Waals surface area (Å²) in [7, 11) is -3.13. The van der Waals surface area contributed by atoms with E-state index in [9.17, 15) is 8.42 Å². The number of sulfone groups is 1. The normalized spacial score (nSPS) is 15.9. The van der Waals surface area contributed by atoms with E-state index in [1.807, 2.05) is 12.1 Å². The molecule has 0 spiro atoms. The topological polar surface area (TPSA) is 73.8 Å². The molecule has 0 atom stereocenters. The summed E-state index contributed by atoms with van der Waals surface area (Å²) in [5.74, 6) is 0.853. The summed E-state index contributed by atoms with van der Waals surface area (Å²) >= 11 is 0. The third-order valence-electron chi connectivity index (χ3n) is 4.75. The van der Waals surface area contributed by atoms with Crippen molar-refractivity contribution in [2.24, 2.45) is 4.99 Å². The van der Waals surface area contributed by atoms with Crippen LogP contribution in [0.3, 0.4) is 0 Å². The highest BCUT2D eigenvalue weighted by atomic mass is 32.2. The average molecular weight is 395 g/mol. The Morgan fingerprint density at radius 3 is 2.44 bits per heavy atom. The minimum absolute atomic E-state index is 0.364. The fourth-order valence-corrected chi connectivity index (χ4v) is 3.85. The van der Waals surface area contributed by atoms with Crippen LogP contribution in [0, 0.1) is 0 Å². The zero-order valence-corrected chi connectivity index (χ0v) is 17.5. The maximum absolute atomic E-state index is 11.5. The van der Waals surface area contributed by atoms with Crippen LogP contribution in [0.1, 0.15) is 38.2 Å². The van der Waals surface area contributed by atoms with Crippen LogP contribution in [0.15, 0.2) is 34.2 Å². The SMILES string of the molecule is CCNC(=NCCCCN1CCCC1)NCCc1ccc(S(C)(=O)=O)cc1. The highest BCUT2D eigenvalue weighted by Crippen LogP contribution is 2.10. The molecule has 1 aliphatic rings. The van der Waals surface area contributed by atoms with E-state index in [1.165, 1.54) is 45.2 Å². The first kappa shape index (κ1) is 21.7. The van der Waals surface area contributed by atoms with E-state index in [1.54, 1.807) is 12.1 Å². The Labute approximate surface area is 164 Å². The van der Waals surface area contributed by atoms with Gasteiger partial charge in [0.15, 0.2) is 15.8 Å². The van der Waals surface area contributed by atoms with Crippen LogP contribution in [0.5, 0.6) is 0 Å². The van der Waals surface area contributed by atoms with Crippen molar-refractivity contribution in [2.45, 2.75) is 43.9 Å². The highest BCUT2D eigenvalue weighted by molar-refractivity contribution is 7.90. The van der Waals surface area contributed by atoms with Crippen molar-refractivity contribution in [1.82, 2.24) is 15.5 Å². The lowest BCUT2D eigenvalue weighted by molar-refractivity contribution is 0.331. The first-order valence-corrected chi connectivity index (χ1v) is 11.9. The van der Waals surface area contributed by atoms with Gasteiger partial charge in [0.25, 0.3) is 0 Å². The lowest BCUT2D eigenvalue weighted by Gasteiger charge is -2.14. The van der Waals surface area contributed by atoms with E-state index < -0.39 is 9.84 Å². The predicted octanol–water partition coefficient (Wildman–Crippen LogP) is 2.06. The third-order valence-corrected chi connectivity index (χ3v) is 5.88. The zero-order chi connectivity index (χ0) is 19.5. The molecule has 27 heavy (non-hydrogen) atoms. The van der Waals surface area contributed by atoms with E-state index in [4.69, 9.17) is 0 Å². The number of unbranched alkanes of at least 4 members (excludes halogenated alkanes) is 1. The molecular weight excluding hydrogens is 360 g/mol. The molecular formula is C20H34N4O2S. The molecule has 0 bridgehead atoms. The molecule has 0 aromatic heterocycles. The molecule has 1 fully saturated rings. The molecule has 2 N–H and O–H groups in total. The van der Waals surface area contributed by atoms with Crippen molar-refractivity contribution >= 4 is 15.8 Å². The van der Waals surface area contributed by atoms with Gasteiger partial charge < -0.3 is 15.5 Å². The molecule has 152 valence electrons. The van der Waals surface area contributed by atoms with Crippen molar-refractivity contribution in [1.29, 1.82) is 0 Å². The summed E-state index contributed by atoms with van der Waals surface area (Å²) in [5, 5.41) is 6.64.